The number of carbonyl (C=O) groups excluding carboxylic acids is 1. The van der Waals surface area contributed by atoms with Gasteiger partial charge in [-0.15, -0.1) is 0 Å². The highest BCUT2D eigenvalue weighted by Gasteiger charge is 2.12. The number of nitrogens with two attached hydrogens (primary N) is 1. The van der Waals surface area contributed by atoms with Crippen LogP contribution in [0.1, 0.15) is 5.56 Å². The van der Waals surface area contributed by atoms with E-state index in [1.54, 1.807) is 12.1 Å². The molecule has 0 aliphatic heterocycles. The highest BCUT2D eigenvalue weighted by atomic mass is 16.3. The van der Waals surface area contributed by atoms with Gasteiger partial charge in [0.15, 0.2) is 0 Å². The Bertz CT molecular complexity index is 361. The molecule has 0 fully saturated rings. The molecular formula is C12H19N3O3. The smallest absolute Gasteiger partial charge is 0.321 e. The molecule has 0 saturated carbocycles. The molecule has 0 heterocycles. The van der Waals surface area contributed by atoms with Crippen molar-refractivity contribution in [2.45, 2.75) is 6.54 Å². The number of rotatable bonds is 6. The maximum Gasteiger partial charge on any atom is 0.321 e. The lowest BCUT2D eigenvalue weighted by molar-refractivity contribution is 0.167. The zero-order valence-corrected chi connectivity index (χ0v) is 10.2. The molecule has 0 aliphatic carbocycles. The van der Waals surface area contributed by atoms with Crippen LogP contribution in [-0.4, -0.2) is 47.4 Å². The van der Waals surface area contributed by atoms with Crippen molar-refractivity contribution in [2.75, 3.05) is 31.6 Å². The Hall–Kier alpha value is -1.63. The van der Waals surface area contributed by atoms with Gasteiger partial charge in [0.1, 0.15) is 0 Å². The molecule has 0 radical (unpaired) electrons. The Morgan fingerprint density at radius 2 is 1.72 bits per heavy atom. The molecule has 0 aliphatic rings. The average Bonchev–Trinajstić information content (AvgIpc) is 2.39. The minimum atomic E-state index is -0.349. The first kappa shape index (κ1) is 14.4. The predicted molar refractivity (Wildman–Crippen MR) is 69.1 cm³/mol. The summed E-state index contributed by atoms with van der Waals surface area (Å²) in [4.78, 5) is 13.2. The Morgan fingerprint density at radius 3 is 2.17 bits per heavy atom. The van der Waals surface area contributed by atoms with Crippen LogP contribution >= 0.6 is 0 Å². The standard InChI is InChI=1S/C12H19N3O3/c13-9-10-1-3-11(4-2-10)14-12(18)15(5-7-16)6-8-17/h1-4,16-17H,5-9,13H2,(H,14,18). The molecular weight excluding hydrogens is 234 g/mol. The van der Waals surface area contributed by atoms with Crippen molar-refractivity contribution in [3.8, 4) is 0 Å². The summed E-state index contributed by atoms with van der Waals surface area (Å²) in [5.74, 6) is 0. The van der Waals surface area contributed by atoms with Gasteiger partial charge in [-0.2, -0.15) is 0 Å². The van der Waals surface area contributed by atoms with Crippen molar-refractivity contribution in [1.29, 1.82) is 0 Å². The number of nitrogens with zero attached hydrogens (tertiary/aromatic N) is 1. The Morgan fingerprint density at radius 1 is 1.17 bits per heavy atom. The van der Waals surface area contributed by atoms with Crippen LogP contribution in [0.15, 0.2) is 24.3 Å². The summed E-state index contributed by atoms with van der Waals surface area (Å²) in [5.41, 5.74) is 7.11. The minimum Gasteiger partial charge on any atom is -0.395 e. The fourth-order valence-corrected chi connectivity index (χ4v) is 1.48. The van der Waals surface area contributed by atoms with Crippen LogP contribution in [0.4, 0.5) is 10.5 Å². The number of carbonyl (C=O) groups is 1. The van der Waals surface area contributed by atoms with E-state index in [1.807, 2.05) is 12.1 Å². The molecule has 6 heteroatoms. The quantitative estimate of drug-likeness (QED) is 0.572. The first-order valence-corrected chi connectivity index (χ1v) is 5.78. The van der Waals surface area contributed by atoms with Gasteiger partial charge in [0.05, 0.1) is 13.2 Å². The Balaban J connectivity index is 2.60. The fraction of sp³-hybridized carbons (Fsp3) is 0.417. The first-order chi connectivity index (χ1) is 8.71. The third-order valence-corrected chi connectivity index (χ3v) is 2.47. The van der Waals surface area contributed by atoms with Crippen molar-refractivity contribution in [3.05, 3.63) is 29.8 Å². The van der Waals surface area contributed by atoms with Crippen LogP contribution in [0.3, 0.4) is 0 Å². The Labute approximate surface area is 106 Å². The second kappa shape index (κ2) is 7.65. The number of anilines is 1. The third kappa shape index (κ3) is 4.33. The number of hydrogen-bond donors (Lipinski definition) is 4. The maximum atomic E-state index is 11.8. The molecule has 1 aromatic carbocycles. The van der Waals surface area contributed by atoms with Gasteiger partial charge in [0.2, 0.25) is 0 Å². The molecule has 2 amide bonds. The molecule has 1 rings (SSSR count). The molecule has 0 bridgehead atoms. The summed E-state index contributed by atoms with van der Waals surface area (Å²) in [7, 11) is 0. The van der Waals surface area contributed by atoms with Crippen LogP contribution in [0.5, 0.6) is 0 Å². The molecule has 0 atom stereocenters. The average molecular weight is 253 g/mol. The van der Waals surface area contributed by atoms with Crippen LogP contribution in [0.25, 0.3) is 0 Å². The minimum absolute atomic E-state index is 0.139. The number of amides is 2. The van der Waals surface area contributed by atoms with Gasteiger partial charge < -0.3 is 26.2 Å². The van der Waals surface area contributed by atoms with Gasteiger partial charge in [-0.25, -0.2) is 4.79 Å². The summed E-state index contributed by atoms with van der Waals surface area (Å²) in [6.07, 6.45) is 0. The summed E-state index contributed by atoms with van der Waals surface area (Å²) in [6.45, 7) is 0.551. The van der Waals surface area contributed by atoms with Gasteiger partial charge in [0, 0.05) is 25.3 Å². The number of benzene rings is 1. The summed E-state index contributed by atoms with van der Waals surface area (Å²) < 4.78 is 0. The molecule has 6 nitrogen and oxygen atoms in total. The monoisotopic (exact) mass is 253 g/mol. The van der Waals surface area contributed by atoms with E-state index in [0.29, 0.717) is 12.2 Å². The lowest BCUT2D eigenvalue weighted by atomic mass is 10.2. The molecule has 5 N–H and O–H groups in total. The topological polar surface area (TPSA) is 98.8 Å². The van der Waals surface area contributed by atoms with E-state index >= 15 is 0 Å². The third-order valence-electron chi connectivity index (χ3n) is 2.47. The number of hydrogen-bond acceptors (Lipinski definition) is 4. The van der Waals surface area contributed by atoms with E-state index in [1.165, 1.54) is 4.90 Å². The second-order valence-electron chi connectivity index (χ2n) is 3.77. The van der Waals surface area contributed by atoms with Crippen LogP contribution in [0.2, 0.25) is 0 Å². The van der Waals surface area contributed by atoms with Gasteiger partial charge in [-0.1, -0.05) is 12.1 Å². The Kier molecular flexibility index (Phi) is 6.13. The maximum absolute atomic E-state index is 11.8. The second-order valence-corrected chi connectivity index (χ2v) is 3.77. The fourth-order valence-electron chi connectivity index (χ4n) is 1.48. The lowest BCUT2D eigenvalue weighted by Gasteiger charge is -2.21. The number of aliphatic hydroxyl groups is 2. The van der Waals surface area contributed by atoms with Crippen molar-refractivity contribution in [3.63, 3.8) is 0 Å². The summed E-state index contributed by atoms with van der Waals surface area (Å²) >= 11 is 0. The summed E-state index contributed by atoms with van der Waals surface area (Å²) in [6, 6.07) is 6.83. The molecule has 18 heavy (non-hydrogen) atoms. The van der Waals surface area contributed by atoms with E-state index in [9.17, 15) is 4.79 Å². The number of nitrogens with one attached hydrogen (secondary N) is 1. The van der Waals surface area contributed by atoms with Gasteiger partial charge in [0.25, 0.3) is 0 Å². The van der Waals surface area contributed by atoms with Crippen molar-refractivity contribution < 1.29 is 15.0 Å². The van der Waals surface area contributed by atoms with Crippen molar-refractivity contribution in [2.24, 2.45) is 5.73 Å². The zero-order valence-electron chi connectivity index (χ0n) is 10.2. The molecule has 0 saturated heterocycles. The molecule has 1 aromatic rings. The van der Waals surface area contributed by atoms with E-state index in [-0.39, 0.29) is 32.3 Å². The molecule has 100 valence electrons. The lowest BCUT2D eigenvalue weighted by Crippen LogP contribution is -2.38. The molecule has 0 spiro atoms. The number of aliphatic hydroxyl groups excluding tert-OH is 2. The van der Waals surface area contributed by atoms with E-state index < -0.39 is 0 Å². The van der Waals surface area contributed by atoms with Gasteiger partial charge >= 0.3 is 6.03 Å². The predicted octanol–water partition coefficient (Wildman–Crippen LogP) is -0.0362. The van der Waals surface area contributed by atoms with Crippen LogP contribution in [0, 0.1) is 0 Å². The SMILES string of the molecule is NCc1ccc(NC(=O)N(CCO)CCO)cc1. The van der Waals surface area contributed by atoms with Gasteiger partial charge in [-0.3, -0.25) is 0 Å². The van der Waals surface area contributed by atoms with Crippen molar-refractivity contribution >= 4 is 11.7 Å². The zero-order chi connectivity index (χ0) is 13.4. The van der Waals surface area contributed by atoms with E-state index in [0.717, 1.165) is 5.56 Å². The van der Waals surface area contributed by atoms with E-state index in [4.69, 9.17) is 15.9 Å². The largest absolute Gasteiger partial charge is 0.395 e. The summed E-state index contributed by atoms with van der Waals surface area (Å²) in [5, 5.41) is 20.3. The van der Waals surface area contributed by atoms with Gasteiger partial charge in [-0.05, 0) is 17.7 Å². The highest BCUT2D eigenvalue weighted by Crippen LogP contribution is 2.09. The molecule has 0 aromatic heterocycles. The normalized spacial score (nSPS) is 10.2. The van der Waals surface area contributed by atoms with Crippen molar-refractivity contribution in [1.82, 2.24) is 4.90 Å². The first-order valence-electron chi connectivity index (χ1n) is 5.78. The molecule has 0 unspecified atom stereocenters. The van der Waals surface area contributed by atoms with E-state index in [2.05, 4.69) is 5.32 Å². The van der Waals surface area contributed by atoms with Crippen LogP contribution < -0.4 is 11.1 Å². The highest BCUT2D eigenvalue weighted by molar-refractivity contribution is 5.89. The van der Waals surface area contributed by atoms with Crippen LogP contribution in [-0.2, 0) is 6.54 Å². The number of urea groups is 1.